The lowest BCUT2D eigenvalue weighted by Crippen LogP contribution is -2.45. The van der Waals surface area contributed by atoms with E-state index in [1.807, 2.05) is 54.1 Å². The summed E-state index contributed by atoms with van der Waals surface area (Å²) in [7, 11) is 1.92. The van der Waals surface area contributed by atoms with Crippen LogP contribution >= 0.6 is 0 Å². The maximum Gasteiger partial charge on any atom is 0.251 e. The van der Waals surface area contributed by atoms with Crippen molar-refractivity contribution in [3.05, 3.63) is 96.3 Å². The van der Waals surface area contributed by atoms with Crippen molar-refractivity contribution in [1.29, 1.82) is 0 Å². The number of amides is 1. The molecule has 150 valence electrons. The van der Waals surface area contributed by atoms with Crippen LogP contribution in [0.3, 0.4) is 0 Å². The van der Waals surface area contributed by atoms with Gasteiger partial charge in [-0.3, -0.25) is 9.59 Å². The highest BCUT2D eigenvalue weighted by Crippen LogP contribution is 2.22. The molecular weight excluding hydrogens is 376 g/mol. The zero-order valence-corrected chi connectivity index (χ0v) is 16.6. The van der Waals surface area contributed by atoms with Gasteiger partial charge in [0.15, 0.2) is 5.78 Å². The number of aromatic nitrogens is 2. The topological polar surface area (TPSA) is 76.0 Å². The predicted molar refractivity (Wildman–Crippen MR) is 118 cm³/mol. The highest BCUT2D eigenvalue weighted by Gasteiger charge is 2.23. The van der Waals surface area contributed by atoms with Crippen LogP contribution in [0, 0.1) is 0 Å². The third-order valence-corrected chi connectivity index (χ3v) is 4.95. The number of benzene rings is 3. The van der Waals surface area contributed by atoms with Crippen LogP contribution in [0.2, 0.25) is 0 Å². The van der Waals surface area contributed by atoms with Crippen molar-refractivity contribution in [3.63, 3.8) is 0 Å². The molecule has 6 heteroatoms. The Kier molecular flexibility index (Phi) is 5.57. The summed E-state index contributed by atoms with van der Waals surface area (Å²) in [6.07, 6.45) is 1.75. The number of rotatable bonds is 7. The molecule has 0 spiro atoms. The summed E-state index contributed by atoms with van der Waals surface area (Å²) in [5.74, 6) is -0.435. The van der Waals surface area contributed by atoms with Crippen LogP contribution in [-0.2, 0) is 7.05 Å². The highest BCUT2D eigenvalue weighted by atomic mass is 16.2. The highest BCUT2D eigenvalue weighted by molar-refractivity contribution is 6.04. The molecule has 1 heterocycles. The molecule has 6 nitrogen and oxygen atoms in total. The molecule has 4 rings (SSSR count). The number of hydrogen-bond donors (Lipinski definition) is 2. The first-order valence-corrected chi connectivity index (χ1v) is 9.72. The maximum atomic E-state index is 13.1. The number of imidazole rings is 1. The number of carbonyl (C=O) groups excluding carboxylic acids is 2. The quantitative estimate of drug-likeness (QED) is 0.466. The standard InChI is InChI=1S/C24H22N4O2/c1-28-16-26-20-14-8-13-19(22(20)28)25-15-21(23(29)17-9-4-2-5-10-17)27-24(30)18-11-6-3-7-12-18/h2-14,16,21,25H,15H2,1H3,(H,27,30). The second-order valence-electron chi connectivity index (χ2n) is 7.03. The number of anilines is 1. The molecule has 30 heavy (non-hydrogen) atoms. The second kappa shape index (κ2) is 8.61. The van der Waals surface area contributed by atoms with Crippen LogP contribution in [0.4, 0.5) is 5.69 Å². The van der Waals surface area contributed by atoms with Gasteiger partial charge >= 0.3 is 0 Å². The molecule has 1 atom stereocenters. The zero-order valence-electron chi connectivity index (χ0n) is 16.6. The van der Waals surface area contributed by atoms with Crippen LogP contribution in [0.1, 0.15) is 20.7 Å². The fraction of sp³-hybridized carbons (Fsp3) is 0.125. The Labute approximate surface area is 174 Å². The van der Waals surface area contributed by atoms with Gasteiger partial charge in [-0.1, -0.05) is 54.6 Å². The average molecular weight is 398 g/mol. The lowest BCUT2D eigenvalue weighted by molar-refractivity contribution is 0.0863. The Hall–Kier alpha value is -3.93. The largest absolute Gasteiger partial charge is 0.381 e. The van der Waals surface area contributed by atoms with Gasteiger partial charge in [0.05, 0.1) is 23.0 Å². The van der Waals surface area contributed by atoms with E-state index in [4.69, 9.17) is 0 Å². The van der Waals surface area contributed by atoms with Crippen LogP contribution in [0.25, 0.3) is 11.0 Å². The van der Waals surface area contributed by atoms with E-state index in [1.165, 1.54) is 0 Å². The SMILES string of the molecule is Cn1cnc2cccc(NCC(NC(=O)c3ccccc3)C(=O)c3ccccc3)c21. The summed E-state index contributed by atoms with van der Waals surface area (Å²) in [6, 6.07) is 22.9. The van der Waals surface area contributed by atoms with Crippen molar-refractivity contribution in [2.24, 2.45) is 7.05 Å². The van der Waals surface area contributed by atoms with Gasteiger partial charge in [0.2, 0.25) is 0 Å². The van der Waals surface area contributed by atoms with Crippen molar-refractivity contribution in [2.45, 2.75) is 6.04 Å². The minimum atomic E-state index is -0.733. The van der Waals surface area contributed by atoms with Gasteiger partial charge in [-0.15, -0.1) is 0 Å². The number of Topliss-reactive ketones (excluding diaryl/α,β-unsaturated/α-hetero) is 1. The van der Waals surface area contributed by atoms with Crippen molar-refractivity contribution < 1.29 is 9.59 Å². The number of para-hydroxylation sites is 1. The van der Waals surface area contributed by atoms with Crippen molar-refractivity contribution in [3.8, 4) is 0 Å². The fourth-order valence-corrected chi connectivity index (χ4v) is 3.41. The number of fused-ring (bicyclic) bond motifs is 1. The van der Waals surface area contributed by atoms with Gasteiger partial charge in [-0.25, -0.2) is 4.98 Å². The van der Waals surface area contributed by atoms with E-state index in [0.29, 0.717) is 11.1 Å². The molecule has 0 aliphatic heterocycles. The molecule has 0 aliphatic rings. The molecule has 3 aromatic carbocycles. The maximum absolute atomic E-state index is 13.1. The molecule has 0 saturated carbocycles. The van der Waals surface area contributed by atoms with Crippen LogP contribution < -0.4 is 10.6 Å². The van der Waals surface area contributed by atoms with E-state index in [1.54, 1.807) is 42.7 Å². The van der Waals surface area contributed by atoms with E-state index in [-0.39, 0.29) is 18.2 Å². The third kappa shape index (κ3) is 4.07. The summed E-state index contributed by atoms with van der Waals surface area (Å²) >= 11 is 0. The minimum Gasteiger partial charge on any atom is -0.381 e. The minimum absolute atomic E-state index is 0.149. The molecule has 0 fully saturated rings. The van der Waals surface area contributed by atoms with Crippen LogP contribution in [-0.4, -0.2) is 33.8 Å². The normalized spacial score (nSPS) is 11.8. The average Bonchev–Trinajstić information content (AvgIpc) is 3.18. The Morgan fingerprint density at radius 3 is 2.27 bits per heavy atom. The van der Waals surface area contributed by atoms with Crippen molar-refractivity contribution >= 4 is 28.4 Å². The van der Waals surface area contributed by atoms with Crippen LogP contribution in [0.5, 0.6) is 0 Å². The second-order valence-corrected chi connectivity index (χ2v) is 7.03. The molecule has 1 aromatic heterocycles. The van der Waals surface area contributed by atoms with Crippen molar-refractivity contribution in [2.75, 3.05) is 11.9 Å². The van der Waals surface area contributed by atoms with Gasteiger partial charge in [-0.2, -0.15) is 0 Å². The Morgan fingerprint density at radius 2 is 1.57 bits per heavy atom. The Bertz CT molecular complexity index is 1170. The first-order chi connectivity index (χ1) is 14.6. The zero-order chi connectivity index (χ0) is 20.9. The lowest BCUT2D eigenvalue weighted by Gasteiger charge is -2.20. The first kappa shape index (κ1) is 19.4. The Morgan fingerprint density at radius 1 is 0.900 bits per heavy atom. The first-order valence-electron chi connectivity index (χ1n) is 9.72. The van der Waals surface area contributed by atoms with Gasteiger partial charge in [-0.05, 0) is 24.3 Å². The van der Waals surface area contributed by atoms with E-state index in [9.17, 15) is 9.59 Å². The van der Waals surface area contributed by atoms with E-state index in [2.05, 4.69) is 15.6 Å². The van der Waals surface area contributed by atoms with Gasteiger partial charge in [0.25, 0.3) is 5.91 Å². The Balaban J connectivity index is 1.59. The van der Waals surface area contributed by atoms with E-state index >= 15 is 0 Å². The van der Waals surface area contributed by atoms with Gasteiger partial charge in [0.1, 0.15) is 6.04 Å². The summed E-state index contributed by atoms with van der Waals surface area (Å²) < 4.78 is 1.92. The van der Waals surface area contributed by atoms with Gasteiger partial charge in [0, 0.05) is 24.7 Å². The third-order valence-electron chi connectivity index (χ3n) is 4.95. The van der Waals surface area contributed by atoms with E-state index < -0.39 is 6.04 Å². The van der Waals surface area contributed by atoms with Crippen molar-refractivity contribution in [1.82, 2.24) is 14.9 Å². The smallest absolute Gasteiger partial charge is 0.251 e. The molecule has 2 N–H and O–H groups in total. The summed E-state index contributed by atoms with van der Waals surface area (Å²) in [6.45, 7) is 0.247. The summed E-state index contributed by atoms with van der Waals surface area (Å²) in [4.78, 5) is 30.2. The molecule has 1 amide bonds. The predicted octanol–water partition coefficient (Wildman–Crippen LogP) is 3.67. The number of ketones is 1. The molecular formula is C24H22N4O2. The van der Waals surface area contributed by atoms with Gasteiger partial charge < -0.3 is 15.2 Å². The molecule has 0 radical (unpaired) electrons. The summed E-state index contributed by atoms with van der Waals surface area (Å²) in [5.41, 5.74) is 3.72. The fourth-order valence-electron chi connectivity index (χ4n) is 3.41. The molecule has 0 saturated heterocycles. The number of nitrogens with zero attached hydrogens (tertiary/aromatic N) is 2. The van der Waals surface area contributed by atoms with Crippen LogP contribution in [0.15, 0.2) is 85.2 Å². The van der Waals surface area contributed by atoms with E-state index in [0.717, 1.165) is 16.7 Å². The number of nitrogens with one attached hydrogen (secondary N) is 2. The molecule has 0 aliphatic carbocycles. The monoisotopic (exact) mass is 398 g/mol. The molecule has 0 bridgehead atoms. The number of carbonyl (C=O) groups is 2. The molecule has 1 unspecified atom stereocenters. The number of aryl methyl sites for hydroxylation is 1. The lowest BCUT2D eigenvalue weighted by atomic mass is 10.0. The summed E-state index contributed by atoms with van der Waals surface area (Å²) in [5, 5.41) is 6.21. The molecule has 4 aromatic rings. The number of hydrogen-bond acceptors (Lipinski definition) is 4.